The van der Waals surface area contributed by atoms with Crippen LogP contribution in [0.5, 0.6) is 11.5 Å². The van der Waals surface area contributed by atoms with Gasteiger partial charge in [-0.1, -0.05) is 0 Å². The zero-order valence-electron chi connectivity index (χ0n) is 14.0. The molecule has 0 aromatic heterocycles. The van der Waals surface area contributed by atoms with Crippen LogP contribution in [0.2, 0.25) is 0 Å². The monoisotopic (exact) mass is 350 g/mol. The number of methoxy groups -OCH3 is 2. The summed E-state index contributed by atoms with van der Waals surface area (Å²) >= 11 is 0. The third kappa shape index (κ3) is 4.15. The van der Waals surface area contributed by atoms with E-state index in [0.717, 1.165) is 11.6 Å². The predicted octanol–water partition coefficient (Wildman–Crippen LogP) is 4.23. The van der Waals surface area contributed by atoms with Crippen LogP contribution in [0.4, 0.5) is 18.9 Å². The van der Waals surface area contributed by atoms with Crippen molar-refractivity contribution in [3.05, 3.63) is 53.1 Å². The van der Waals surface area contributed by atoms with Crippen LogP contribution in [-0.4, -0.2) is 21.3 Å². The normalized spacial score (nSPS) is 10.9. The number of nitriles is 1. The Bertz CT molecular complexity index is 798. The Kier molecular flexibility index (Phi) is 5.42. The van der Waals surface area contributed by atoms with Crippen LogP contribution < -0.4 is 14.4 Å². The minimum atomic E-state index is -4.58. The lowest BCUT2D eigenvalue weighted by Crippen LogP contribution is -2.18. The first-order valence-corrected chi connectivity index (χ1v) is 7.33. The van der Waals surface area contributed by atoms with Gasteiger partial charge in [0.05, 0.1) is 31.4 Å². The zero-order chi connectivity index (χ0) is 18.6. The van der Waals surface area contributed by atoms with Crippen LogP contribution in [0, 0.1) is 11.3 Å². The van der Waals surface area contributed by atoms with E-state index in [1.807, 2.05) is 0 Å². The van der Waals surface area contributed by atoms with E-state index in [1.54, 1.807) is 36.2 Å². The SMILES string of the molecule is COc1ccc(CN(C)c2ccc(C#N)c(C(F)(F)F)c2)c(OC)c1. The number of hydrogen-bond acceptors (Lipinski definition) is 4. The third-order valence-electron chi connectivity index (χ3n) is 3.77. The molecule has 0 amide bonds. The average Bonchev–Trinajstić information content (AvgIpc) is 2.60. The van der Waals surface area contributed by atoms with Gasteiger partial charge in [-0.25, -0.2) is 0 Å². The molecule has 0 atom stereocenters. The summed E-state index contributed by atoms with van der Waals surface area (Å²) in [6.45, 7) is 0.330. The molecule has 2 rings (SSSR count). The van der Waals surface area contributed by atoms with Gasteiger partial charge < -0.3 is 14.4 Å². The van der Waals surface area contributed by atoms with Crippen LogP contribution >= 0.6 is 0 Å². The Hall–Kier alpha value is -2.88. The molecule has 25 heavy (non-hydrogen) atoms. The third-order valence-corrected chi connectivity index (χ3v) is 3.77. The van der Waals surface area contributed by atoms with Gasteiger partial charge in [-0.3, -0.25) is 0 Å². The predicted molar refractivity (Wildman–Crippen MR) is 87.8 cm³/mol. The fourth-order valence-electron chi connectivity index (χ4n) is 2.43. The van der Waals surface area contributed by atoms with Gasteiger partial charge in [0.15, 0.2) is 0 Å². The van der Waals surface area contributed by atoms with Gasteiger partial charge in [-0.05, 0) is 30.3 Å². The molecule has 0 aliphatic rings. The lowest BCUT2D eigenvalue weighted by molar-refractivity contribution is -0.137. The molecule has 0 saturated carbocycles. The first-order chi connectivity index (χ1) is 11.8. The van der Waals surface area contributed by atoms with Gasteiger partial charge in [-0.15, -0.1) is 0 Å². The van der Waals surface area contributed by atoms with Crippen molar-refractivity contribution in [3.63, 3.8) is 0 Å². The quantitative estimate of drug-likeness (QED) is 0.809. The summed E-state index contributed by atoms with van der Waals surface area (Å²) in [5.74, 6) is 1.21. The number of halogens is 3. The van der Waals surface area contributed by atoms with Gasteiger partial charge in [0.25, 0.3) is 0 Å². The summed E-state index contributed by atoms with van der Waals surface area (Å²) in [5, 5.41) is 8.87. The summed E-state index contributed by atoms with van der Waals surface area (Å²) in [6, 6.07) is 10.5. The molecule has 0 spiro atoms. The topological polar surface area (TPSA) is 45.5 Å². The maximum absolute atomic E-state index is 13.1. The number of ether oxygens (including phenoxy) is 2. The van der Waals surface area contributed by atoms with Crippen molar-refractivity contribution in [2.45, 2.75) is 12.7 Å². The molecule has 0 fully saturated rings. The van der Waals surface area contributed by atoms with Crippen LogP contribution in [0.3, 0.4) is 0 Å². The van der Waals surface area contributed by atoms with E-state index in [-0.39, 0.29) is 0 Å². The van der Waals surface area contributed by atoms with E-state index in [0.29, 0.717) is 23.7 Å². The van der Waals surface area contributed by atoms with Crippen molar-refractivity contribution in [2.24, 2.45) is 0 Å². The van der Waals surface area contributed by atoms with Crippen LogP contribution in [0.1, 0.15) is 16.7 Å². The number of nitrogens with zero attached hydrogens (tertiary/aromatic N) is 2. The van der Waals surface area contributed by atoms with E-state index in [9.17, 15) is 13.2 Å². The maximum Gasteiger partial charge on any atom is 0.417 e. The Morgan fingerprint density at radius 2 is 1.80 bits per heavy atom. The van der Waals surface area contributed by atoms with Crippen molar-refractivity contribution in [3.8, 4) is 17.6 Å². The summed E-state index contributed by atoms with van der Waals surface area (Å²) in [5.41, 5.74) is -0.194. The highest BCUT2D eigenvalue weighted by molar-refractivity contribution is 5.55. The first kappa shape index (κ1) is 18.5. The number of alkyl halides is 3. The highest BCUT2D eigenvalue weighted by Gasteiger charge is 2.34. The second-order valence-electron chi connectivity index (χ2n) is 5.37. The Labute approximate surface area is 144 Å². The van der Waals surface area contributed by atoms with Crippen molar-refractivity contribution in [2.75, 3.05) is 26.2 Å². The van der Waals surface area contributed by atoms with Gasteiger partial charge in [-0.2, -0.15) is 18.4 Å². The molecule has 4 nitrogen and oxygen atoms in total. The summed E-state index contributed by atoms with van der Waals surface area (Å²) in [4.78, 5) is 1.65. The van der Waals surface area contributed by atoms with Crippen LogP contribution in [-0.2, 0) is 12.7 Å². The molecule has 2 aromatic rings. The molecule has 0 saturated heterocycles. The smallest absolute Gasteiger partial charge is 0.417 e. The van der Waals surface area contributed by atoms with Crippen molar-refractivity contribution in [1.29, 1.82) is 5.26 Å². The van der Waals surface area contributed by atoms with Crippen molar-refractivity contribution in [1.82, 2.24) is 0 Å². The Morgan fingerprint density at radius 1 is 1.08 bits per heavy atom. The molecular weight excluding hydrogens is 333 g/mol. The average molecular weight is 350 g/mol. The molecule has 2 aromatic carbocycles. The van der Waals surface area contributed by atoms with E-state index in [2.05, 4.69) is 0 Å². The number of anilines is 1. The molecule has 0 radical (unpaired) electrons. The second kappa shape index (κ2) is 7.34. The molecule has 132 valence electrons. The van der Waals surface area contributed by atoms with Crippen LogP contribution in [0.25, 0.3) is 0 Å². The molecule has 0 aliphatic carbocycles. The highest BCUT2D eigenvalue weighted by atomic mass is 19.4. The van der Waals surface area contributed by atoms with Crippen LogP contribution in [0.15, 0.2) is 36.4 Å². The Morgan fingerprint density at radius 3 is 2.36 bits per heavy atom. The number of rotatable bonds is 5. The molecule has 0 heterocycles. The van der Waals surface area contributed by atoms with E-state index in [1.165, 1.54) is 26.4 Å². The minimum absolute atomic E-state index is 0.330. The minimum Gasteiger partial charge on any atom is -0.497 e. The maximum atomic E-state index is 13.1. The summed E-state index contributed by atoms with van der Waals surface area (Å²) in [6.07, 6.45) is -4.58. The number of benzene rings is 2. The largest absolute Gasteiger partial charge is 0.497 e. The highest BCUT2D eigenvalue weighted by Crippen LogP contribution is 2.35. The second-order valence-corrected chi connectivity index (χ2v) is 5.37. The molecule has 0 unspecified atom stereocenters. The molecule has 0 bridgehead atoms. The lowest BCUT2D eigenvalue weighted by atomic mass is 10.1. The van der Waals surface area contributed by atoms with Gasteiger partial charge in [0.1, 0.15) is 11.5 Å². The first-order valence-electron chi connectivity index (χ1n) is 7.33. The van der Waals surface area contributed by atoms with Gasteiger partial charge in [0.2, 0.25) is 0 Å². The van der Waals surface area contributed by atoms with E-state index in [4.69, 9.17) is 14.7 Å². The van der Waals surface area contributed by atoms with Gasteiger partial charge in [0, 0.05) is 30.9 Å². The summed E-state index contributed by atoms with van der Waals surface area (Å²) in [7, 11) is 4.73. The fraction of sp³-hybridized carbons (Fsp3) is 0.278. The van der Waals surface area contributed by atoms with Gasteiger partial charge >= 0.3 is 6.18 Å². The zero-order valence-corrected chi connectivity index (χ0v) is 14.0. The van der Waals surface area contributed by atoms with E-state index >= 15 is 0 Å². The molecule has 7 heteroatoms. The lowest BCUT2D eigenvalue weighted by Gasteiger charge is -2.22. The fourth-order valence-corrected chi connectivity index (χ4v) is 2.43. The standard InChI is InChI=1S/C18H17F3N2O2/c1-23(11-13-5-7-15(24-2)9-17(13)25-3)14-6-4-12(10-22)16(8-14)18(19,20)21/h4-9H,11H2,1-3H3. The molecule has 0 N–H and O–H groups in total. The summed E-state index contributed by atoms with van der Waals surface area (Å²) < 4.78 is 49.8. The van der Waals surface area contributed by atoms with E-state index < -0.39 is 17.3 Å². The van der Waals surface area contributed by atoms with Crippen molar-refractivity contribution >= 4 is 5.69 Å². The Balaban J connectivity index is 2.33. The number of hydrogen-bond donors (Lipinski definition) is 0. The van der Waals surface area contributed by atoms with Crippen molar-refractivity contribution < 1.29 is 22.6 Å². The molecule has 0 aliphatic heterocycles. The molecular formula is C18H17F3N2O2.